The van der Waals surface area contributed by atoms with Gasteiger partial charge in [-0.05, 0) is 43.2 Å². The van der Waals surface area contributed by atoms with E-state index in [-0.39, 0.29) is 12.5 Å². The quantitative estimate of drug-likeness (QED) is 0.475. The van der Waals surface area contributed by atoms with E-state index < -0.39 is 17.9 Å². The van der Waals surface area contributed by atoms with Crippen molar-refractivity contribution >= 4 is 28.9 Å². The summed E-state index contributed by atoms with van der Waals surface area (Å²) >= 11 is 0. The summed E-state index contributed by atoms with van der Waals surface area (Å²) in [5, 5.41) is 0. The number of rotatable bonds is 6. The number of fused-ring (bicyclic) bond motifs is 3. The molecule has 7 nitrogen and oxygen atoms in total. The molecule has 29 heavy (non-hydrogen) atoms. The van der Waals surface area contributed by atoms with Crippen molar-refractivity contribution in [1.82, 2.24) is 14.5 Å². The van der Waals surface area contributed by atoms with Crippen molar-refractivity contribution in [1.29, 1.82) is 0 Å². The van der Waals surface area contributed by atoms with Gasteiger partial charge in [-0.1, -0.05) is 25.5 Å². The molecule has 0 unspecified atom stereocenters. The summed E-state index contributed by atoms with van der Waals surface area (Å²) in [6.45, 7) is 4.55. The molecule has 0 spiro atoms. The van der Waals surface area contributed by atoms with Crippen molar-refractivity contribution < 1.29 is 14.3 Å². The Morgan fingerprint density at radius 2 is 1.90 bits per heavy atom. The van der Waals surface area contributed by atoms with Gasteiger partial charge in [-0.2, -0.15) is 0 Å². The number of imidazole rings is 1. The maximum atomic E-state index is 13.5. The van der Waals surface area contributed by atoms with Crippen LogP contribution in [0.1, 0.15) is 38.3 Å². The molecule has 0 N–H and O–H groups in total. The molecule has 0 bridgehead atoms. The molecule has 4 rings (SSSR count). The number of esters is 1. The predicted molar refractivity (Wildman–Crippen MR) is 109 cm³/mol. The highest BCUT2D eigenvalue weighted by Gasteiger charge is 2.47. The number of hydrogen-bond donors (Lipinski definition) is 0. The largest absolute Gasteiger partial charge is 0.465 e. The molecular formula is C22H24N4O3. The normalized spacial score (nSPS) is 18.7. The number of aromatic nitrogens is 3. The van der Waals surface area contributed by atoms with E-state index in [1.54, 1.807) is 24.2 Å². The minimum absolute atomic E-state index is 0.220. The zero-order valence-corrected chi connectivity index (χ0v) is 16.6. The number of carbonyl (C=O) groups is 2. The number of benzene rings is 1. The lowest BCUT2D eigenvalue weighted by molar-refractivity contribution is -0.153. The smallest absolute Gasteiger partial charge is 0.321 e. The highest BCUT2D eigenvalue weighted by Crippen LogP contribution is 2.41. The SMILES string of the molecule is CCCCN1C(=O)[C@@H](C(=O)OCC)[C@H](c2ccncc2)n2c1nc1ccccc12. The molecule has 1 amide bonds. The molecule has 0 radical (unpaired) electrons. The number of nitrogens with zero attached hydrogens (tertiary/aromatic N) is 4. The molecular weight excluding hydrogens is 368 g/mol. The maximum Gasteiger partial charge on any atom is 0.321 e. The molecule has 1 aliphatic heterocycles. The van der Waals surface area contributed by atoms with Crippen LogP contribution in [0, 0.1) is 5.92 Å². The van der Waals surface area contributed by atoms with Crippen LogP contribution in [0.3, 0.4) is 0 Å². The highest BCUT2D eigenvalue weighted by atomic mass is 16.5. The summed E-state index contributed by atoms with van der Waals surface area (Å²) in [5.41, 5.74) is 2.50. The van der Waals surface area contributed by atoms with Crippen molar-refractivity contribution in [2.45, 2.75) is 32.7 Å². The Hall–Kier alpha value is -3.22. The van der Waals surface area contributed by atoms with E-state index in [0.717, 1.165) is 29.4 Å². The fourth-order valence-corrected chi connectivity index (χ4v) is 3.94. The molecule has 2 aromatic heterocycles. The molecule has 7 heteroatoms. The van der Waals surface area contributed by atoms with Crippen LogP contribution in [-0.2, 0) is 14.3 Å². The predicted octanol–water partition coefficient (Wildman–Crippen LogP) is 3.35. The van der Waals surface area contributed by atoms with Crippen LogP contribution < -0.4 is 4.90 Å². The first kappa shape index (κ1) is 19.1. The number of pyridine rings is 1. The van der Waals surface area contributed by atoms with Gasteiger partial charge in [0.2, 0.25) is 11.9 Å². The Morgan fingerprint density at radius 1 is 1.14 bits per heavy atom. The van der Waals surface area contributed by atoms with Crippen LogP contribution in [0.4, 0.5) is 5.95 Å². The second-order valence-corrected chi connectivity index (χ2v) is 7.07. The first-order chi connectivity index (χ1) is 14.2. The maximum absolute atomic E-state index is 13.5. The van der Waals surface area contributed by atoms with Crippen molar-refractivity contribution in [2.24, 2.45) is 5.92 Å². The van der Waals surface area contributed by atoms with Crippen LogP contribution in [-0.4, -0.2) is 39.6 Å². The van der Waals surface area contributed by atoms with Crippen molar-refractivity contribution in [3.8, 4) is 0 Å². The minimum Gasteiger partial charge on any atom is -0.465 e. The van der Waals surface area contributed by atoms with E-state index >= 15 is 0 Å². The van der Waals surface area contributed by atoms with Gasteiger partial charge in [-0.3, -0.25) is 19.5 Å². The molecule has 0 aliphatic carbocycles. The number of ether oxygens (including phenoxy) is 1. The monoisotopic (exact) mass is 392 g/mol. The molecule has 3 aromatic rings. The number of para-hydroxylation sites is 2. The van der Waals surface area contributed by atoms with Gasteiger partial charge in [0.25, 0.3) is 0 Å². The lowest BCUT2D eigenvalue weighted by Crippen LogP contribution is -2.50. The van der Waals surface area contributed by atoms with Gasteiger partial charge in [-0.25, -0.2) is 4.98 Å². The Bertz CT molecular complexity index is 1030. The van der Waals surface area contributed by atoms with Crippen molar-refractivity contribution in [3.63, 3.8) is 0 Å². The Labute approximate surface area is 169 Å². The lowest BCUT2D eigenvalue weighted by atomic mass is 9.90. The summed E-state index contributed by atoms with van der Waals surface area (Å²) in [5.74, 6) is -1.17. The van der Waals surface area contributed by atoms with Gasteiger partial charge in [0, 0.05) is 18.9 Å². The van der Waals surface area contributed by atoms with Crippen LogP contribution in [0.2, 0.25) is 0 Å². The van der Waals surface area contributed by atoms with Gasteiger partial charge in [-0.15, -0.1) is 0 Å². The fourth-order valence-electron chi connectivity index (χ4n) is 3.94. The number of carbonyl (C=O) groups excluding carboxylic acids is 2. The van der Waals surface area contributed by atoms with E-state index in [4.69, 9.17) is 9.72 Å². The summed E-state index contributed by atoms with van der Waals surface area (Å²) in [7, 11) is 0. The zero-order chi connectivity index (χ0) is 20.4. The zero-order valence-electron chi connectivity index (χ0n) is 16.6. The lowest BCUT2D eigenvalue weighted by Gasteiger charge is -2.37. The van der Waals surface area contributed by atoms with Crippen LogP contribution in [0.25, 0.3) is 11.0 Å². The fraction of sp³-hybridized carbons (Fsp3) is 0.364. The molecule has 150 valence electrons. The molecule has 1 aliphatic rings. The Kier molecular flexibility index (Phi) is 5.29. The second kappa shape index (κ2) is 8.03. The van der Waals surface area contributed by atoms with E-state index in [9.17, 15) is 9.59 Å². The third-order valence-electron chi connectivity index (χ3n) is 5.27. The number of hydrogen-bond acceptors (Lipinski definition) is 5. The van der Waals surface area contributed by atoms with E-state index in [2.05, 4.69) is 11.9 Å². The van der Waals surface area contributed by atoms with Crippen molar-refractivity contribution in [2.75, 3.05) is 18.1 Å². The standard InChI is InChI=1S/C22H24N4O3/c1-3-5-14-25-20(27)18(21(28)29-4-2)19(15-10-12-23-13-11-15)26-17-9-7-6-8-16(17)24-22(25)26/h6-13,18-19H,3-5,14H2,1-2H3/t18-,19-/m0/s1. The summed E-state index contributed by atoms with van der Waals surface area (Å²) in [6.07, 6.45) is 5.10. The molecule has 0 fully saturated rings. The molecule has 2 atom stereocenters. The first-order valence-electron chi connectivity index (χ1n) is 10.0. The number of anilines is 1. The van der Waals surface area contributed by atoms with Gasteiger partial charge in [0.1, 0.15) is 0 Å². The first-order valence-corrected chi connectivity index (χ1v) is 10.0. The molecule has 1 aromatic carbocycles. The van der Waals surface area contributed by atoms with Gasteiger partial charge in [0.15, 0.2) is 5.92 Å². The molecule has 3 heterocycles. The molecule has 0 saturated heterocycles. The number of amides is 1. The van der Waals surface area contributed by atoms with Crippen molar-refractivity contribution in [3.05, 3.63) is 54.4 Å². The highest BCUT2D eigenvalue weighted by molar-refractivity contribution is 6.08. The summed E-state index contributed by atoms with van der Waals surface area (Å²) < 4.78 is 7.33. The molecule has 0 saturated carbocycles. The average Bonchev–Trinajstić information content (AvgIpc) is 3.12. The topological polar surface area (TPSA) is 77.3 Å². The third-order valence-corrected chi connectivity index (χ3v) is 5.27. The minimum atomic E-state index is -0.973. The van der Waals surface area contributed by atoms with E-state index in [1.807, 2.05) is 41.0 Å². The van der Waals surface area contributed by atoms with Gasteiger partial charge in [0.05, 0.1) is 23.7 Å². The average molecular weight is 392 g/mol. The van der Waals surface area contributed by atoms with Gasteiger partial charge < -0.3 is 9.30 Å². The third kappa shape index (κ3) is 3.26. The second-order valence-electron chi connectivity index (χ2n) is 7.07. The number of unbranched alkanes of at least 4 members (excludes halogenated alkanes) is 1. The Morgan fingerprint density at radius 3 is 2.62 bits per heavy atom. The van der Waals surface area contributed by atoms with E-state index in [0.29, 0.717) is 12.5 Å². The van der Waals surface area contributed by atoms with Crippen LogP contribution in [0.5, 0.6) is 0 Å². The summed E-state index contributed by atoms with van der Waals surface area (Å²) in [6, 6.07) is 10.9. The van der Waals surface area contributed by atoms with Crippen LogP contribution in [0.15, 0.2) is 48.8 Å². The van der Waals surface area contributed by atoms with Gasteiger partial charge >= 0.3 is 5.97 Å². The van der Waals surface area contributed by atoms with Crippen LogP contribution >= 0.6 is 0 Å². The van der Waals surface area contributed by atoms with E-state index in [1.165, 1.54) is 0 Å². The Balaban J connectivity index is 1.97. The summed E-state index contributed by atoms with van der Waals surface area (Å²) in [4.78, 5) is 37.0.